The lowest BCUT2D eigenvalue weighted by atomic mass is 10.2. The maximum Gasteiger partial charge on any atom is 0.134 e. The fraction of sp³-hybridized carbons (Fsp3) is 0.375. The summed E-state index contributed by atoms with van der Waals surface area (Å²) in [6, 6.07) is 9.75. The molecule has 0 radical (unpaired) electrons. The summed E-state index contributed by atoms with van der Waals surface area (Å²) in [6.07, 6.45) is 1.83. The zero-order valence-electron chi connectivity index (χ0n) is 12.6. The third-order valence-electron chi connectivity index (χ3n) is 3.19. The smallest absolute Gasteiger partial charge is 0.134 e. The number of nitrogens with zero attached hydrogens (tertiary/aromatic N) is 3. The van der Waals surface area contributed by atoms with E-state index in [1.807, 2.05) is 36.2 Å². The number of ether oxygens (including phenoxy) is 1. The Kier molecular flexibility index (Phi) is 5.39. The Morgan fingerprint density at radius 2 is 2.00 bits per heavy atom. The van der Waals surface area contributed by atoms with Crippen molar-refractivity contribution in [3.8, 4) is 5.75 Å². The lowest BCUT2D eigenvalue weighted by molar-refractivity contribution is 0.409. The van der Waals surface area contributed by atoms with Crippen LogP contribution in [0.4, 0.5) is 5.82 Å². The zero-order valence-corrected chi connectivity index (χ0v) is 13.4. The Labute approximate surface area is 130 Å². The fourth-order valence-electron chi connectivity index (χ4n) is 2.15. The number of anilines is 1. The first-order chi connectivity index (χ1) is 10.1. The summed E-state index contributed by atoms with van der Waals surface area (Å²) in [5.41, 5.74) is 1.11. The standard InChI is InChI=1S/C16H20ClN3O/c1-4-7-15-18-14(17)10-16(19-15)20(2)11-12-8-5-6-9-13(12)21-3/h5-6,8-10H,4,7,11H2,1-3H3. The summed E-state index contributed by atoms with van der Waals surface area (Å²) >= 11 is 6.09. The molecule has 0 N–H and O–H groups in total. The molecule has 0 amide bonds. The second-order valence-corrected chi connectivity index (χ2v) is 5.27. The summed E-state index contributed by atoms with van der Waals surface area (Å²) in [5, 5.41) is 0.482. The van der Waals surface area contributed by atoms with E-state index in [0.717, 1.165) is 35.8 Å². The minimum Gasteiger partial charge on any atom is -0.496 e. The van der Waals surface area contributed by atoms with Gasteiger partial charge in [-0.1, -0.05) is 36.7 Å². The van der Waals surface area contributed by atoms with Gasteiger partial charge in [-0.25, -0.2) is 9.97 Å². The van der Waals surface area contributed by atoms with Crippen LogP contribution in [-0.2, 0) is 13.0 Å². The van der Waals surface area contributed by atoms with Crippen LogP contribution >= 0.6 is 11.6 Å². The van der Waals surface area contributed by atoms with Gasteiger partial charge in [0.1, 0.15) is 22.5 Å². The monoisotopic (exact) mass is 305 g/mol. The van der Waals surface area contributed by atoms with Crippen LogP contribution in [0, 0.1) is 0 Å². The van der Waals surface area contributed by atoms with E-state index in [4.69, 9.17) is 16.3 Å². The van der Waals surface area contributed by atoms with E-state index in [2.05, 4.69) is 16.9 Å². The first-order valence-corrected chi connectivity index (χ1v) is 7.38. The first kappa shape index (κ1) is 15.6. The van der Waals surface area contributed by atoms with Crippen LogP contribution in [0.2, 0.25) is 5.15 Å². The number of aryl methyl sites for hydroxylation is 1. The van der Waals surface area contributed by atoms with Crippen LogP contribution in [0.3, 0.4) is 0 Å². The molecule has 0 atom stereocenters. The molecule has 0 aliphatic heterocycles. The van der Waals surface area contributed by atoms with E-state index < -0.39 is 0 Å². The van der Waals surface area contributed by atoms with Gasteiger partial charge in [-0.05, 0) is 12.5 Å². The molecule has 5 heteroatoms. The normalized spacial score (nSPS) is 10.5. The van der Waals surface area contributed by atoms with Gasteiger partial charge >= 0.3 is 0 Å². The molecule has 4 nitrogen and oxygen atoms in total. The van der Waals surface area contributed by atoms with Crippen molar-refractivity contribution < 1.29 is 4.74 Å². The number of hydrogen-bond acceptors (Lipinski definition) is 4. The average Bonchev–Trinajstić information content (AvgIpc) is 2.47. The van der Waals surface area contributed by atoms with Crippen LogP contribution < -0.4 is 9.64 Å². The predicted molar refractivity (Wildman–Crippen MR) is 86.1 cm³/mol. The summed E-state index contributed by atoms with van der Waals surface area (Å²) < 4.78 is 5.38. The van der Waals surface area contributed by atoms with Crippen LogP contribution in [0.25, 0.3) is 0 Å². The molecule has 0 saturated heterocycles. The maximum atomic E-state index is 6.09. The number of benzene rings is 1. The molecule has 0 fully saturated rings. The molecular formula is C16H20ClN3O. The van der Waals surface area contributed by atoms with E-state index in [1.54, 1.807) is 13.2 Å². The molecular weight excluding hydrogens is 286 g/mol. The second-order valence-electron chi connectivity index (χ2n) is 4.88. The van der Waals surface area contributed by atoms with Crippen molar-refractivity contribution in [3.63, 3.8) is 0 Å². The average molecular weight is 306 g/mol. The van der Waals surface area contributed by atoms with Crippen molar-refractivity contribution in [2.45, 2.75) is 26.3 Å². The van der Waals surface area contributed by atoms with Crippen LogP contribution in [-0.4, -0.2) is 24.1 Å². The molecule has 0 bridgehead atoms. The molecule has 1 aromatic carbocycles. The largest absolute Gasteiger partial charge is 0.496 e. The topological polar surface area (TPSA) is 38.2 Å². The highest BCUT2D eigenvalue weighted by Gasteiger charge is 2.10. The zero-order chi connectivity index (χ0) is 15.2. The van der Waals surface area contributed by atoms with Gasteiger partial charge in [0.15, 0.2) is 0 Å². The van der Waals surface area contributed by atoms with Gasteiger partial charge in [-0.2, -0.15) is 0 Å². The quantitative estimate of drug-likeness (QED) is 0.762. The Morgan fingerprint density at radius 3 is 2.71 bits per heavy atom. The highest BCUT2D eigenvalue weighted by Crippen LogP contribution is 2.22. The Bertz CT molecular complexity index is 604. The molecule has 1 heterocycles. The lowest BCUT2D eigenvalue weighted by Gasteiger charge is -2.20. The van der Waals surface area contributed by atoms with Crippen molar-refractivity contribution in [1.82, 2.24) is 9.97 Å². The molecule has 0 saturated carbocycles. The summed E-state index contributed by atoms with van der Waals surface area (Å²) in [7, 11) is 3.67. The van der Waals surface area contributed by atoms with E-state index in [9.17, 15) is 0 Å². The van der Waals surface area contributed by atoms with Crippen molar-refractivity contribution >= 4 is 17.4 Å². The maximum absolute atomic E-state index is 6.09. The molecule has 112 valence electrons. The lowest BCUT2D eigenvalue weighted by Crippen LogP contribution is -2.19. The van der Waals surface area contributed by atoms with Crippen molar-refractivity contribution in [1.29, 1.82) is 0 Å². The van der Waals surface area contributed by atoms with E-state index in [-0.39, 0.29) is 0 Å². The van der Waals surface area contributed by atoms with Crippen molar-refractivity contribution in [2.75, 3.05) is 19.1 Å². The number of hydrogen-bond donors (Lipinski definition) is 0. The Hall–Kier alpha value is -1.81. The number of para-hydroxylation sites is 1. The van der Waals surface area contributed by atoms with Crippen LogP contribution in [0.15, 0.2) is 30.3 Å². The molecule has 0 unspecified atom stereocenters. The number of rotatable bonds is 6. The SMILES string of the molecule is CCCc1nc(Cl)cc(N(C)Cc2ccccc2OC)n1. The number of aromatic nitrogens is 2. The minimum absolute atomic E-state index is 0.482. The molecule has 0 aliphatic rings. The second kappa shape index (κ2) is 7.27. The summed E-state index contributed by atoms with van der Waals surface area (Å²) in [5.74, 6) is 2.48. The first-order valence-electron chi connectivity index (χ1n) is 7.00. The summed E-state index contributed by atoms with van der Waals surface area (Å²) in [6.45, 7) is 2.80. The van der Waals surface area contributed by atoms with Gasteiger partial charge in [-0.3, -0.25) is 0 Å². The predicted octanol–water partition coefficient (Wildman–Crippen LogP) is 3.73. The van der Waals surface area contributed by atoms with Crippen molar-refractivity contribution in [2.24, 2.45) is 0 Å². The molecule has 1 aromatic heterocycles. The molecule has 0 spiro atoms. The van der Waals surface area contributed by atoms with Crippen LogP contribution in [0.1, 0.15) is 24.7 Å². The molecule has 21 heavy (non-hydrogen) atoms. The van der Waals surface area contributed by atoms with Gasteiger partial charge in [0.2, 0.25) is 0 Å². The molecule has 2 rings (SSSR count). The van der Waals surface area contributed by atoms with E-state index in [0.29, 0.717) is 11.7 Å². The van der Waals surface area contributed by atoms with Gasteiger partial charge in [0, 0.05) is 31.6 Å². The highest BCUT2D eigenvalue weighted by molar-refractivity contribution is 6.29. The summed E-state index contributed by atoms with van der Waals surface area (Å²) in [4.78, 5) is 10.9. The Morgan fingerprint density at radius 1 is 1.24 bits per heavy atom. The number of methoxy groups -OCH3 is 1. The Balaban J connectivity index is 2.21. The third-order valence-corrected chi connectivity index (χ3v) is 3.39. The van der Waals surface area contributed by atoms with Gasteiger partial charge in [-0.15, -0.1) is 0 Å². The minimum atomic E-state index is 0.482. The highest BCUT2D eigenvalue weighted by atomic mass is 35.5. The van der Waals surface area contributed by atoms with E-state index in [1.165, 1.54) is 0 Å². The van der Waals surface area contributed by atoms with Gasteiger partial charge in [0.25, 0.3) is 0 Å². The molecule has 2 aromatic rings. The number of halogens is 1. The van der Waals surface area contributed by atoms with Gasteiger partial charge in [0.05, 0.1) is 7.11 Å². The van der Waals surface area contributed by atoms with Crippen molar-refractivity contribution in [3.05, 3.63) is 46.9 Å². The van der Waals surface area contributed by atoms with Gasteiger partial charge < -0.3 is 9.64 Å². The fourth-order valence-corrected chi connectivity index (χ4v) is 2.35. The van der Waals surface area contributed by atoms with Crippen LogP contribution in [0.5, 0.6) is 5.75 Å². The molecule has 0 aliphatic carbocycles. The van der Waals surface area contributed by atoms with E-state index >= 15 is 0 Å². The third kappa shape index (κ3) is 4.08.